The minimum Gasteiger partial charge on any atom is -0.302 e. The number of aldehydes is 1. The molecule has 1 N–H and O–H groups in total. The van der Waals surface area contributed by atoms with Gasteiger partial charge in [-0.3, -0.25) is 0 Å². The molecule has 0 radical (unpaired) electrons. The van der Waals surface area contributed by atoms with Crippen LogP contribution in [0.3, 0.4) is 0 Å². The largest absolute Gasteiger partial charge is 0.302 e. The topological polar surface area (TPSA) is 29.1 Å². The Hall–Kier alpha value is 0.0600. The maximum Gasteiger partial charge on any atom is 0.133 e. The molecular weight excluding hydrogens is 181 g/mol. The van der Waals surface area contributed by atoms with Crippen molar-refractivity contribution in [1.82, 2.24) is 5.32 Å². The van der Waals surface area contributed by atoms with Crippen LogP contribution in [0.4, 0.5) is 0 Å². The van der Waals surface area contributed by atoms with Gasteiger partial charge in [0.2, 0.25) is 0 Å². The van der Waals surface area contributed by atoms with Crippen LogP contribution in [0.15, 0.2) is 0 Å². The van der Waals surface area contributed by atoms with Crippen molar-refractivity contribution in [2.75, 3.05) is 6.54 Å². The van der Waals surface area contributed by atoms with Crippen LogP contribution in [0.5, 0.6) is 0 Å². The summed E-state index contributed by atoms with van der Waals surface area (Å²) in [7, 11) is 2.90. The average molecular weight is 201 g/mol. The van der Waals surface area contributed by atoms with Crippen LogP contribution in [0.2, 0.25) is 0 Å². The minimum atomic E-state index is 0.140. The van der Waals surface area contributed by atoms with Gasteiger partial charge in [-0.1, -0.05) is 32.1 Å². The lowest BCUT2D eigenvalue weighted by molar-refractivity contribution is -0.107. The summed E-state index contributed by atoms with van der Waals surface area (Å²) in [5.41, 5.74) is 0. The van der Waals surface area contributed by atoms with Gasteiger partial charge in [0.25, 0.3) is 0 Å². The first-order chi connectivity index (χ1) is 6.27. The number of carbonyl (C=O) groups is 1. The molecule has 1 fully saturated rings. The molecule has 0 heterocycles. The predicted octanol–water partition coefficient (Wildman–Crippen LogP) is 2.09. The molecule has 1 rings (SSSR count). The Balaban J connectivity index is 2.36. The third-order valence-corrected chi connectivity index (χ3v) is 3.56. The monoisotopic (exact) mass is 201 g/mol. The summed E-state index contributed by atoms with van der Waals surface area (Å²) in [6.07, 6.45) is 9.97. The van der Waals surface area contributed by atoms with Gasteiger partial charge in [0.05, 0.1) is 6.54 Å². The van der Waals surface area contributed by atoms with Gasteiger partial charge in [0, 0.05) is 5.28 Å². The van der Waals surface area contributed by atoms with Crippen molar-refractivity contribution in [3.05, 3.63) is 0 Å². The van der Waals surface area contributed by atoms with Crippen molar-refractivity contribution in [1.29, 1.82) is 0 Å². The smallest absolute Gasteiger partial charge is 0.133 e. The fraction of sp³-hybridized carbons (Fsp3) is 0.900. The quantitative estimate of drug-likeness (QED) is 0.559. The molecule has 1 saturated carbocycles. The first-order valence-electron chi connectivity index (χ1n) is 5.24. The van der Waals surface area contributed by atoms with Gasteiger partial charge in [0.15, 0.2) is 0 Å². The van der Waals surface area contributed by atoms with Crippen LogP contribution < -0.4 is 5.32 Å². The van der Waals surface area contributed by atoms with E-state index in [1.807, 2.05) is 0 Å². The Morgan fingerprint density at radius 2 is 1.69 bits per heavy atom. The normalized spacial score (nSPS) is 23.2. The SMILES string of the molecule is O=CCNC1(P)CCCCCCC1. The van der Waals surface area contributed by atoms with Gasteiger partial charge in [-0.05, 0) is 12.8 Å². The van der Waals surface area contributed by atoms with Gasteiger partial charge in [-0.2, -0.15) is 0 Å². The summed E-state index contributed by atoms with van der Waals surface area (Å²) < 4.78 is 0. The van der Waals surface area contributed by atoms with E-state index in [9.17, 15) is 4.79 Å². The number of hydrogen-bond donors (Lipinski definition) is 1. The molecule has 0 aromatic heterocycles. The summed E-state index contributed by atoms with van der Waals surface area (Å²) in [6, 6.07) is 0. The van der Waals surface area contributed by atoms with Crippen molar-refractivity contribution >= 4 is 15.5 Å². The second-order valence-corrected chi connectivity index (χ2v) is 5.08. The zero-order valence-electron chi connectivity index (χ0n) is 8.22. The first-order valence-corrected chi connectivity index (χ1v) is 5.82. The van der Waals surface area contributed by atoms with Gasteiger partial charge in [-0.15, -0.1) is 9.24 Å². The van der Waals surface area contributed by atoms with Crippen LogP contribution in [0.1, 0.15) is 44.9 Å². The molecular formula is C10H20NOP. The van der Waals surface area contributed by atoms with E-state index in [2.05, 4.69) is 14.6 Å². The molecule has 1 aliphatic carbocycles. The van der Waals surface area contributed by atoms with Crippen molar-refractivity contribution in [3.63, 3.8) is 0 Å². The van der Waals surface area contributed by atoms with E-state index in [0.29, 0.717) is 6.54 Å². The number of hydrogen-bond acceptors (Lipinski definition) is 2. The fourth-order valence-corrected chi connectivity index (χ4v) is 2.48. The highest BCUT2D eigenvalue weighted by Crippen LogP contribution is 2.31. The zero-order valence-corrected chi connectivity index (χ0v) is 9.37. The summed E-state index contributed by atoms with van der Waals surface area (Å²) >= 11 is 0. The van der Waals surface area contributed by atoms with E-state index in [-0.39, 0.29) is 5.28 Å². The Morgan fingerprint density at radius 1 is 1.15 bits per heavy atom. The number of carbonyl (C=O) groups excluding carboxylic acids is 1. The van der Waals surface area contributed by atoms with Crippen molar-refractivity contribution in [3.8, 4) is 0 Å². The first kappa shape index (κ1) is 11.1. The summed E-state index contributed by atoms with van der Waals surface area (Å²) in [5, 5.41) is 3.45. The molecule has 2 nitrogen and oxygen atoms in total. The van der Waals surface area contributed by atoms with Crippen molar-refractivity contribution < 1.29 is 4.79 Å². The Labute approximate surface area is 83.1 Å². The Bertz CT molecular complexity index is 153. The predicted molar refractivity (Wildman–Crippen MR) is 58.8 cm³/mol. The van der Waals surface area contributed by atoms with Gasteiger partial charge < -0.3 is 10.1 Å². The molecule has 1 unspecified atom stereocenters. The molecule has 3 heteroatoms. The van der Waals surface area contributed by atoms with E-state index in [1.54, 1.807) is 0 Å². The summed E-state index contributed by atoms with van der Waals surface area (Å²) in [6.45, 7) is 0.490. The van der Waals surface area contributed by atoms with Gasteiger partial charge in [-0.25, -0.2) is 0 Å². The Morgan fingerprint density at radius 3 is 2.23 bits per heavy atom. The van der Waals surface area contributed by atoms with Gasteiger partial charge in [0.1, 0.15) is 6.29 Å². The second kappa shape index (κ2) is 5.72. The molecule has 0 aromatic rings. The minimum absolute atomic E-state index is 0.140. The van der Waals surface area contributed by atoms with Crippen LogP contribution in [0, 0.1) is 0 Å². The van der Waals surface area contributed by atoms with E-state index in [1.165, 1.54) is 44.9 Å². The molecule has 1 atom stereocenters. The van der Waals surface area contributed by atoms with E-state index >= 15 is 0 Å². The zero-order chi connectivity index (χ0) is 9.57. The average Bonchev–Trinajstić information content (AvgIpc) is 2.09. The van der Waals surface area contributed by atoms with Crippen LogP contribution in [0.25, 0.3) is 0 Å². The fourth-order valence-electron chi connectivity index (χ4n) is 1.96. The summed E-state index contributed by atoms with van der Waals surface area (Å²) in [5.74, 6) is 0. The van der Waals surface area contributed by atoms with Crippen LogP contribution >= 0.6 is 9.24 Å². The number of nitrogens with one attached hydrogen (secondary N) is 1. The van der Waals surface area contributed by atoms with E-state index in [0.717, 1.165) is 6.29 Å². The second-order valence-electron chi connectivity index (χ2n) is 3.97. The maximum absolute atomic E-state index is 10.3. The molecule has 1 aliphatic rings. The molecule has 0 amide bonds. The van der Waals surface area contributed by atoms with Crippen LogP contribution in [-0.2, 0) is 4.79 Å². The third-order valence-electron chi connectivity index (χ3n) is 2.78. The molecule has 0 saturated heterocycles. The van der Waals surface area contributed by atoms with Crippen molar-refractivity contribution in [2.45, 2.75) is 50.2 Å². The van der Waals surface area contributed by atoms with E-state index < -0.39 is 0 Å². The maximum atomic E-state index is 10.3. The lowest BCUT2D eigenvalue weighted by Crippen LogP contribution is -2.40. The molecule has 0 aromatic carbocycles. The highest BCUT2D eigenvalue weighted by atomic mass is 31.0. The van der Waals surface area contributed by atoms with Crippen LogP contribution in [-0.4, -0.2) is 18.1 Å². The van der Waals surface area contributed by atoms with E-state index in [4.69, 9.17) is 0 Å². The molecule has 0 spiro atoms. The molecule has 13 heavy (non-hydrogen) atoms. The standard InChI is InChI=1S/C10H20NOP/c12-9-8-11-10(13)6-4-2-1-3-5-7-10/h9,11H,1-8,13H2. The summed E-state index contributed by atoms with van der Waals surface area (Å²) in [4.78, 5) is 10.3. The lowest BCUT2D eigenvalue weighted by Gasteiger charge is -2.31. The highest BCUT2D eigenvalue weighted by molar-refractivity contribution is 7.18. The molecule has 76 valence electrons. The Kier molecular flexibility index (Phi) is 4.90. The van der Waals surface area contributed by atoms with Gasteiger partial charge >= 0.3 is 0 Å². The molecule has 0 bridgehead atoms. The van der Waals surface area contributed by atoms with Crippen molar-refractivity contribution in [2.24, 2.45) is 0 Å². The number of rotatable bonds is 3. The third kappa shape index (κ3) is 4.19. The lowest BCUT2D eigenvalue weighted by atomic mass is 9.96. The highest BCUT2D eigenvalue weighted by Gasteiger charge is 2.23. The molecule has 0 aliphatic heterocycles.